The molecular weight excluding hydrogens is 310 g/mol. The normalized spacial score (nSPS) is 10.5. The second-order valence-electron chi connectivity index (χ2n) is 4.62. The molecule has 1 heterocycles. The van der Waals surface area contributed by atoms with Gasteiger partial charge < -0.3 is 14.2 Å². The minimum absolute atomic E-state index is 0.321. The van der Waals surface area contributed by atoms with Gasteiger partial charge >= 0.3 is 0 Å². The Labute approximate surface area is 140 Å². The molecule has 7 heteroatoms. The molecular formula is C17H19N3O4. The SMILES string of the molecule is CCOc1c(OC)cc(/C=N\NC(=O)c2ccncc2)cc1OC. The quantitative estimate of drug-likeness (QED) is 0.622. The fraction of sp³-hybridized carbons (Fsp3) is 0.235. The van der Waals surface area contributed by atoms with Gasteiger partial charge in [0.15, 0.2) is 11.5 Å². The monoisotopic (exact) mass is 329 g/mol. The number of aromatic nitrogens is 1. The number of hydrogen-bond acceptors (Lipinski definition) is 6. The standard InChI is InChI=1S/C17H19N3O4/c1-4-24-16-14(22-2)9-12(10-15(16)23-3)11-19-20-17(21)13-5-7-18-8-6-13/h5-11H,4H2,1-3H3,(H,20,21)/b19-11-. The first-order chi connectivity index (χ1) is 11.7. The van der Waals surface area contributed by atoms with Gasteiger partial charge in [-0.05, 0) is 31.2 Å². The number of amides is 1. The molecule has 126 valence electrons. The van der Waals surface area contributed by atoms with Crippen molar-refractivity contribution in [2.24, 2.45) is 5.10 Å². The number of nitrogens with one attached hydrogen (secondary N) is 1. The molecule has 2 aromatic rings. The molecule has 0 radical (unpaired) electrons. The van der Waals surface area contributed by atoms with Crippen molar-refractivity contribution < 1.29 is 19.0 Å². The van der Waals surface area contributed by atoms with Gasteiger partial charge in [-0.3, -0.25) is 9.78 Å². The minimum Gasteiger partial charge on any atom is -0.493 e. The number of pyridine rings is 1. The number of hydrazone groups is 1. The molecule has 7 nitrogen and oxygen atoms in total. The van der Waals surface area contributed by atoms with Crippen molar-refractivity contribution in [1.82, 2.24) is 10.4 Å². The van der Waals surface area contributed by atoms with E-state index in [-0.39, 0.29) is 5.91 Å². The Morgan fingerprint density at radius 2 is 1.83 bits per heavy atom. The lowest BCUT2D eigenvalue weighted by atomic mass is 10.2. The van der Waals surface area contributed by atoms with E-state index in [4.69, 9.17) is 14.2 Å². The summed E-state index contributed by atoms with van der Waals surface area (Å²) in [6.07, 6.45) is 4.58. The Hall–Kier alpha value is -3.09. The number of carbonyl (C=O) groups is 1. The molecule has 0 bridgehead atoms. The molecule has 1 aromatic carbocycles. The number of methoxy groups -OCH3 is 2. The molecule has 0 atom stereocenters. The van der Waals surface area contributed by atoms with Crippen LogP contribution in [0.15, 0.2) is 41.8 Å². The first kappa shape index (κ1) is 17.3. The van der Waals surface area contributed by atoms with Crippen LogP contribution < -0.4 is 19.6 Å². The smallest absolute Gasteiger partial charge is 0.271 e. The van der Waals surface area contributed by atoms with Gasteiger partial charge in [0, 0.05) is 23.5 Å². The van der Waals surface area contributed by atoms with E-state index in [1.807, 2.05) is 6.92 Å². The van der Waals surface area contributed by atoms with Gasteiger partial charge in [0.25, 0.3) is 5.91 Å². The van der Waals surface area contributed by atoms with E-state index in [0.717, 1.165) is 0 Å². The summed E-state index contributed by atoms with van der Waals surface area (Å²) in [6, 6.07) is 6.70. The molecule has 0 aliphatic heterocycles. The molecule has 0 aliphatic rings. The van der Waals surface area contributed by atoms with Crippen LogP contribution in [0.3, 0.4) is 0 Å². The lowest BCUT2D eigenvalue weighted by Gasteiger charge is -2.14. The molecule has 24 heavy (non-hydrogen) atoms. The van der Waals surface area contributed by atoms with Crippen LogP contribution in [0.4, 0.5) is 0 Å². The van der Waals surface area contributed by atoms with Crippen LogP contribution in [0.25, 0.3) is 0 Å². The zero-order chi connectivity index (χ0) is 17.4. The van der Waals surface area contributed by atoms with E-state index in [1.54, 1.807) is 50.9 Å². The van der Waals surface area contributed by atoms with Crippen molar-refractivity contribution in [3.05, 3.63) is 47.8 Å². The van der Waals surface area contributed by atoms with Crippen LogP contribution in [0.5, 0.6) is 17.2 Å². The van der Waals surface area contributed by atoms with E-state index < -0.39 is 0 Å². The van der Waals surface area contributed by atoms with Gasteiger partial charge in [0.1, 0.15) is 0 Å². The summed E-state index contributed by atoms with van der Waals surface area (Å²) in [7, 11) is 3.09. The van der Waals surface area contributed by atoms with Gasteiger partial charge in [-0.2, -0.15) is 5.10 Å². The van der Waals surface area contributed by atoms with Crippen LogP contribution in [0.2, 0.25) is 0 Å². The van der Waals surface area contributed by atoms with Crippen molar-refractivity contribution in [2.45, 2.75) is 6.92 Å². The lowest BCUT2D eigenvalue weighted by molar-refractivity contribution is 0.0955. The van der Waals surface area contributed by atoms with Crippen LogP contribution in [-0.2, 0) is 0 Å². The Balaban J connectivity index is 2.15. The number of carbonyl (C=O) groups excluding carboxylic acids is 1. The van der Waals surface area contributed by atoms with E-state index >= 15 is 0 Å². The van der Waals surface area contributed by atoms with Crippen LogP contribution in [0, 0.1) is 0 Å². The highest BCUT2D eigenvalue weighted by molar-refractivity contribution is 5.94. The number of ether oxygens (including phenoxy) is 3. The van der Waals surface area contributed by atoms with Crippen LogP contribution in [-0.4, -0.2) is 37.9 Å². The number of benzene rings is 1. The van der Waals surface area contributed by atoms with Crippen molar-refractivity contribution in [1.29, 1.82) is 0 Å². The fourth-order valence-electron chi connectivity index (χ4n) is 1.99. The molecule has 1 N–H and O–H groups in total. The third kappa shape index (κ3) is 4.22. The lowest BCUT2D eigenvalue weighted by Crippen LogP contribution is -2.17. The molecule has 2 rings (SSSR count). The van der Waals surface area contributed by atoms with E-state index in [2.05, 4.69) is 15.5 Å². The maximum absolute atomic E-state index is 11.9. The molecule has 0 spiro atoms. The summed E-state index contributed by atoms with van der Waals surface area (Å²) in [4.78, 5) is 15.8. The number of nitrogens with zero attached hydrogens (tertiary/aromatic N) is 2. The van der Waals surface area contributed by atoms with Gasteiger partial charge in [0.05, 0.1) is 27.0 Å². The summed E-state index contributed by atoms with van der Waals surface area (Å²) in [5.41, 5.74) is 3.62. The third-order valence-corrected chi connectivity index (χ3v) is 3.09. The molecule has 1 aromatic heterocycles. The maximum Gasteiger partial charge on any atom is 0.271 e. The average Bonchev–Trinajstić information content (AvgIpc) is 2.63. The zero-order valence-corrected chi connectivity index (χ0v) is 13.8. The Bertz CT molecular complexity index is 692. The molecule has 0 fully saturated rings. The van der Waals surface area contributed by atoms with Gasteiger partial charge in [-0.15, -0.1) is 0 Å². The maximum atomic E-state index is 11.9. The summed E-state index contributed by atoms with van der Waals surface area (Å²) in [6.45, 7) is 2.37. The number of rotatable bonds is 7. The molecule has 1 amide bonds. The Morgan fingerprint density at radius 3 is 2.38 bits per heavy atom. The summed E-state index contributed by atoms with van der Waals surface area (Å²) in [5, 5.41) is 3.95. The van der Waals surface area contributed by atoms with Crippen molar-refractivity contribution in [2.75, 3.05) is 20.8 Å². The van der Waals surface area contributed by atoms with E-state index in [0.29, 0.717) is 35.0 Å². The average molecular weight is 329 g/mol. The van der Waals surface area contributed by atoms with Gasteiger partial charge in [0.2, 0.25) is 5.75 Å². The fourth-order valence-corrected chi connectivity index (χ4v) is 1.99. The van der Waals surface area contributed by atoms with Crippen molar-refractivity contribution in [3.63, 3.8) is 0 Å². The first-order valence-electron chi connectivity index (χ1n) is 7.31. The molecule has 0 unspecified atom stereocenters. The van der Waals surface area contributed by atoms with Crippen molar-refractivity contribution >= 4 is 12.1 Å². The van der Waals surface area contributed by atoms with Crippen molar-refractivity contribution in [3.8, 4) is 17.2 Å². The predicted molar refractivity (Wildman–Crippen MR) is 90.0 cm³/mol. The molecule has 0 saturated carbocycles. The first-order valence-corrected chi connectivity index (χ1v) is 7.31. The largest absolute Gasteiger partial charge is 0.493 e. The summed E-state index contributed by atoms with van der Waals surface area (Å²) >= 11 is 0. The summed E-state index contributed by atoms with van der Waals surface area (Å²) in [5.74, 6) is 1.26. The highest BCUT2D eigenvalue weighted by Gasteiger charge is 2.13. The summed E-state index contributed by atoms with van der Waals surface area (Å²) < 4.78 is 16.2. The molecule has 0 saturated heterocycles. The minimum atomic E-state index is -0.321. The van der Waals surface area contributed by atoms with Gasteiger partial charge in [-0.1, -0.05) is 0 Å². The van der Waals surface area contributed by atoms with Crippen LogP contribution in [0.1, 0.15) is 22.8 Å². The van der Waals surface area contributed by atoms with E-state index in [9.17, 15) is 4.79 Å². The third-order valence-electron chi connectivity index (χ3n) is 3.09. The van der Waals surface area contributed by atoms with Crippen LogP contribution >= 0.6 is 0 Å². The second-order valence-corrected chi connectivity index (χ2v) is 4.62. The Morgan fingerprint density at radius 1 is 1.21 bits per heavy atom. The number of hydrogen-bond donors (Lipinski definition) is 1. The zero-order valence-electron chi connectivity index (χ0n) is 13.8. The topological polar surface area (TPSA) is 82.0 Å². The Kier molecular flexibility index (Phi) is 6.13. The highest BCUT2D eigenvalue weighted by atomic mass is 16.5. The van der Waals surface area contributed by atoms with E-state index in [1.165, 1.54) is 6.21 Å². The second kappa shape index (κ2) is 8.52. The predicted octanol–water partition coefficient (Wildman–Crippen LogP) is 2.26. The van der Waals surface area contributed by atoms with Gasteiger partial charge in [-0.25, -0.2) is 5.43 Å². The molecule has 0 aliphatic carbocycles. The highest BCUT2D eigenvalue weighted by Crippen LogP contribution is 2.38.